The highest BCUT2D eigenvalue weighted by atomic mass is 35.5. The van der Waals surface area contributed by atoms with Gasteiger partial charge in [0.05, 0.1) is 34.8 Å². The van der Waals surface area contributed by atoms with E-state index in [0.29, 0.717) is 44.6 Å². The van der Waals surface area contributed by atoms with E-state index in [-0.39, 0.29) is 29.4 Å². The van der Waals surface area contributed by atoms with Gasteiger partial charge in [0.25, 0.3) is 11.5 Å². The number of nitrogens with zero attached hydrogens (tertiary/aromatic N) is 4. The van der Waals surface area contributed by atoms with E-state index in [2.05, 4.69) is 20.0 Å². The van der Waals surface area contributed by atoms with Crippen molar-refractivity contribution in [3.8, 4) is 28.2 Å². The van der Waals surface area contributed by atoms with E-state index >= 15 is 0 Å². The normalized spacial score (nSPS) is 11.5. The third kappa shape index (κ3) is 6.66. The number of halogens is 1. The SMILES string of the molecule is COCCNS(=O)(=O)c1cccc(-c2cnc(N)c(-c3ccc(NC(=O)c4c(C)n(C)n(-c5cccc(Cl)c5)c4=O)cc3)n2)c1. The van der Waals surface area contributed by atoms with Gasteiger partial charge < -0.3 is 15.8 Å². The molecule has 232 valence electrons. The molecule has 0 saturated heterocycles. The number of anilines is 2. The molecule has 45 heavy (non-hydrogen) atoms. The zero-order valence-corrected chi connectivity index (χ0v) is 26.2. The summed E-state index contributed by atoms with van der Waals surface area (Å²) in [7, 11) is -0.575. The standard InChI is InChI=1S/C31H30ClN7O5S/c1-19-27(31(41)39(38(19)2)24-8-5-7-22(32)17-24)30(40)36-23-12-10-20(11-13-23)28-29(33)34-18-26(37-28)21-6-4-9-25(16-21)45(42,43)35-14-15-44-3/h4-13,16-18,35H,14-15H2,1-3H3,(H2,33,34)(H,36,40). The van der Waals surface area contributed by atoms with Crippen LogP contribution in [0.15, 0.2) is 88.7 Å². The number of hydrogen-bond donors (Lipinski definition) is 3. The van der Waals surface area contributed by atoms with E-state index in [1.165, 1.54) is 30.1 Å². The summed E-state index contributed by atoms with van der Waals surface area (Å²) in [6.07, 6.45) is 1.47. The first-order valence-corrected chi connectivity index (χ1v) is 15.5. The monoisotopic (exact) mass is 647 g/mol. The summed E-state index contributed by atoms with van der Waals surface area (Å²) in [5, 5.41) is 3.25. The Morgan fingerprint density at radius 2 is 1.78 bits per heavy atom. The number of sulfonamides is 1. The summed E-state index contributed by atoms with van der Waals surface area (Å²) in [5.74, 6) is -0.392. The van der Waals surface area contributed by atoms with E-state index < -0.39 is 21.5 Å². The zero-order valence-electron chi connectivity index (χ0n) is 24.6. The van der Waals surface area contributed by atoms with E-state index in [9.17, 15) is 18.0 Å². The molecule has 5 aromatic rings. The van der Waals surface area contributed by atoms with Crippen LogP contribution >= 0.6 is 11.6 Å². The third-order valence-corrected chi connectivity index (χ3v) is 8.78. The molecular weight excluding hydrogens is 618 g/mol. The fourth-order valence-corrected chi connectivity index (χ4v) is 5.95. The maximum atomic E-state index is 13.3. The number of carbonyl (C=O) groups is 1. The van der Waals surface area contributed by atoms with Crippen LogP contribution in [0, 0.1) is 6.92 Å². The fourth-order valence-electron chi connectivity index (χ4n) is 4.71. The Balaban J connectivity index is 1.38. The molecule has 0 aliphatic carbocycles. The van der Waals surface area contributed by atoms with Gasteiger partial charge in [-0.15, -0.1) is 0 Å². The molecule has 0 unspecified atom stereocenters. The molecule has 0 fully saturated rings. The van der Waals surface area contributed by atoms with Crippen molar-refractivity contribution < 1.29 is 17.9 Å². The van der Waals surface area contributed by atoms with Crippen molar-refractivity contribution in [3.05, 3.63) is 106 Å². The fraction of sp³-hybridized carbons (Fsp3) is 0.161. The van der Waals surface area contributed by atoms with Gasteiger partial charge in [0.2, 0.25) is 10.0 Å². The number of rotatable bonds is 10. The predicted octanol–water partition coefficient (Wildman–Crippen LogP) is 4.02. The number of nitrogens with one attached hydrogen (secondary N) is 2. The Bertz CT molecular complexity index is 2060. The van der Waals surface area contributed by atoms with Crippen LogP contribution in [0.3, 0.4) is 0 Å². The number of amides is 1. The summed E-state index contributed by atoms with van der Waals surface area (Å²) < 4.78 is 35.8. The minimum Gasteiger partial charge on any atom is -0.383 e. The zero-order chi connectivity index (χ0) is 32.3. The molecule has 0 radical (unpaired) electrons. The summed E-state index contributed by atoms with van der Waals surface area (Å²) >= 11 is 6.12. The minimum atomic E-state index is -3.76. The summed E-state index contributed by atoms with van der Waals surface area (Å²) in [5.41, 5.74) is 9.09. The number of aromatic nitrogens is 4. The summed E-state index contributed by atoms with van der Waals surface area (Å²) in [4.78, 5) is 35.5. The lowest BCUT2D eigenvalue weighted by Crippen LogP contribution is -2.27. The van der Waals surface area contributed by atoms with Crippen LogP contribution in [0.1, 0.15) is 16.1 Å². The lowest BCUT2D eigenvalue weighted by molar-refractivity contribution is 0.102. The van der Waals surface area contributed by atoms with Gasteiger partial charge in [-0.05, 0) is 49.4 Å². The number of benzene rings is 3. The molecular formula is C31H30ClN7O5S. The first kappa shape index (κ1) is 31.6. The molecule has 0 spiro atoms. The van der Waals surface area contributed by atoms with Crippen molar-refractivity contribution in [1.29, 1.82) is 0 Å². The van der Waals surface area contributed by atoms with Crippen LogP contribution in [-0.4, -0.2) is 53.9 Å². The molecule has 1 amide bonds. The topological polar surface area (TPSA) is 163 Å². The van der Waals surface area contributed by atoms with Crippen molar-refractivity contribution in [2.24, 2.45) is 7.05 Å². The van der Waals surface area contributed by atoms with Crippen LogP contribution in [-0.2, 0) is 21.8 Å². The second-order valence-corrected chi connectivity index (χ2v) is 12.2. The largest absolute Gasteiger partial charge is 0.383 e. The number of hydrogen-bond acceptors (Lipinski definition) is 8. The molecule has 3 aromatic carbocycles. The van der Waals surface area contributed by atoms with E-state index in [4.69, 9.17) is 22.1 Å². The van der Waals surface area contributed by atoms with Gasteiger partial charge >= 0.3 is 0 Å². The van der Waals surface area contributed by atoms with Crippen LogP contribution in [0.2, 0.25) is 5.02 Å². The number of nitrogens with two attached hydrogens (primary N) is 1. The van der Waals surface area contributed by atoms with Gasteiger partial charge in [-0.2, -0.15) is 0 Å². The van der Waals surface area contributed by atoms with E-state index in [1.54, 1.807) is 79.3 Å². The van der Waals surface area contributed by atoms with Crippen LogP contribution in [0.25, 0.3) is 28.2 Å². The smallest absolute Gasteiger partial charge is 0.284 e. The van der Waals surface area contributed by atoms with Crippen molar-refractivity contribution in [3.63, 3.8) is 0 Å². The molecule has 2 aromatic heterocycles. The Morgan fingerprint density at radius 3 is 2.49 bits per heavy atom. The molecule has 0 aliphatic rings. The Kier molecular flexibility index (Phi) is 9.16. The molecule has 14 heteroatoms. The lowest BCUT2D eigenvalue weighted by atomic mass is 10.1. The molecule has 0 saturated carbocycles. The van der Waals surface area contributed by atoms with Crippen molar-refractivity contribution in [2.75, 3.05) is 31.3 Å². The number of ether oxygens (including phenoxy) is 1. The average Bonchev–Trinajstić information content (AvgIpc) is 3.25. The second kappa shape index (κ2) is 13.0. The Hall–Kier alpha value is -4.82. The number of methoxy groups -OCH3 is 1. The molecule has 0 aliphatic heterocycles. The minimum absolute atomic E-state index is 0.00232. The van der Waals surface area contributed by atoms with Gasteiger partial charge in [-0.3, -0.25) is 14.3 Å². The quantitative estimate of drug-likeness (QED) is 0.191. The highest BCUT2D eigenvalue weighted by Crippen LogP contribution is 2.28. The molecule has 12 nitrogen and oxygen atoms in total. The van der Waals surface area contributed by atoms with Crippen molar-refractivity contribution in [2.45, 2.75) is 11.8 Å². The maximum Gasteiger partial charge on any atom is 0.284 e. The second-order valence-electron chi connectivity index (χ2n) is 10.0. The van der Waals surface area contributed by atoms with Crippen LogP contribution in [0.4, 0.5) is 11.5 Å². The first-order valence-electron chi connectivity index (χ1n) is 13.7. The Morgan fingerprint density at radius 1 is 1.04 bits per heavy atom. The maximum absolute atomic E-state index is 13.3. The van der Waals surface area contributed by atoms with Gasteiger partial charge in [-0.1, -0.05) is 41.9 Å². The summed E-state index contributed by atoms with van der Waals surface area (Å²) in [6, 6.07) is 19.9. The molecule has 5 rings (SSSR count). The van der Waals surface area contributed by atoms with Gasteiger partial charge in [0.1, 0.15) is 17.1 Å². The highest BCUT2D eigenvalue weighted by molar-refractivity contribution is 7.89. The molecule has 2 heterocycles. The molecule has 4 N–H and O–H groups in total. The van der Waals surface area contributed by atoms with E-state index in [1.807, 2.05) is 0 Å². The lowest BCUT2D eigenvalue weighted by Gasteiger charge is -2.11. The van der Waals surface area contributed by atoms with Gasteiger partial charge in [0, 0.05) is 42.5 Å². The average molecular weight is 648 g/mol. The third-order valence-electron chi connectivity index (χ3n) is 7.09. The Labute approximate surface area is 264 Å². The first-order chi connectivity index (χ1) is 21.5. The van der Waals surface area contributed by atoms with Crippen molar-refractivity contribution in [1.82, 2.24) is 24.1 Å². The van der Waals surface area contributed by atoms with Crippen LogP contribution < -0.4 is 21.3 Å². The predicted molar refractivity (Wildman–Crippen MR) is 173 cm³/mol. The van der Waals surface area contributed by atoms with E-state index in [0.717, 1.165) is 0 Å². The van der Waals surface area contributed by atoms with Crippen LogP contribution in [0.5, 0.6) is 0 Å². The van der Waals surface area contributed by atoms with Gasteiger partial charge in [0.15, 0.2) is 0 Å². The molecule has 0 bridgehead atoms. The summed E-state index contributed by atoms with van der Waals surface area (Å²) in [6.45, 7) is 2.07. The van der Waals surface area contributed by atoms with Crippen molar-refractivity contribution >= 4 is 39.0 Å². The highest BCUT2D eigenvalue weighted by Gasteiger charge is 2.23. The molecule has 0 atom stereocenters. The number of carbonyl (C=O) groups excluding carboxylic acids is 1. The number of nitrogen functional groups attached to an aromatic ring is 1. The van der Waals surface area contributed by atoms with Gasteiger partial charge in [-0.25, -0.2) is 27.8 Å².